The fourth-order valence-electron chi connectivity index (χ4n) is 2.23. The first-order valence-electron chi connectivity index (χ1n) is 7.97. The summed E-state index contributed by atoms with van der Waals surface area (Å²) in [6.07, 6.45) is 0.252. The Labute approximate surface area is 141 Å². The molecule has 0 saturated heterocycles. The lowest BCUT2D eigenvalue weighted by Crippen LogP contribution is -2.26. The summed E-state index contributed by atoms with van der Waals surface area (Å²) in [5.74, 6) is 0. The van der Waals surface area contributed by atoms with Gasteiger partial charge in [-0.1, -0.05) is 33.5 Å². The van der Waals surface area contributed by atoms with Crippen molar-refractivity contribution < 1.29 is 23.1 Å². The maximum Gasteiger partial charge on any atom is 0.335 e. The third kappa shape index (κ3) is 6.26. The molecular formula is C16H28O5P2. The predicted molar refractivity (Wildman–Crippen MR) is 95.6 cm³/mol. The quantitative estimate of drug-likeness (QED) is 0.428. The highest BCUT2D eigenvalue weighted by Gasteiger charge is 2.29. The molecule has 23 heavy (non-hydrogen) atoms. The standard InChI is InChI=1S/C16H28O5P2/c1-5-18-16(22,19-6-2)15-11-9-14(10-12-15)13-23(17,20-7-3)21-8-4/h9-12H,5-8,13,22H2,1-4H3. The van der Waals surface area contributed by atoms with Gasteiger partial charge in [0.25, 0.3) is 0 Å². The van der Waals surface area contributed by atoms with Gasteiger partial charge in [-0.05, 0) is 33.3 Å². The molecule has 1 aromatic rings. The molecule has 0 radical (unpaired) electrons. The third-order valence-electron chi connectivity index (χ3n) is 3.10. The third-order valence-corrected chi connectivity index (χ3v) is 5.82. The number of ether oxygens (including phenoxy) is 2. The maximum atomic E-state index is 12.6. The van der Waals surface area contributed by atoms with Crippen LogP contribution in [0.1, 0.15) is 38.8 Å². The first kappa shape index (κ1) is 20.8. The fourth-order valence-corrected chi connectivity index (χ4v) is 4.45. The SMILES string of the molecule is CCOC(P)(OCC)c1ccc(CP(=O)(OCC)OCC)cc1. The van der Waals surface area contributed by atoms with Crippen molar-refractivity contribution in [3.63, 3.8) is 0 Å². The highest BCUT2D eigenvalue weighted by molar-refractivity contribution is 7.53. The van der Waals surface area contributed by atoms with E-state index in [2.05, 4.69) is 9.24 Å². The maximum absolute atomic E-state index is 12.6. The summed E-state index contributed by atoms with van der Waals surface area (Å²) in [6, 6.07) is 7.62. The van der Waals surface area contributed by atoms with E-state index in [-0.39, 0.29) is 6.16 Å². The average Bonchev–Trinajstić information content (AvgIpc) is 2.48. The number of hydrogen-bond donors (Lipinski definition) is 0. The molecule has 0 aliphatic heterocycles. The van der Waals surface area contributed by atoms with Crippen LogP contribution in [0.4, 0.5) is 0 Å². The zero-order chi connectivity index (χ0) is 17.3. The lowest BCUT2D eigenvalue weighted by Gasteiger charge is -2.29. The molecule has 1 atom stereocenters. The van der Waals surface area contributed by atoms with Gasteiger partial charge < -0.3 is 18.5 Å². The normalized spacial score (nSPS) is 12.6. The Hall–Kier alpha value is -0.280. The summed E-state index contributed by atoms with van der Waals surface area (Å²) in [4.78, 5) is 0. The van der Waals surface area contributed by atoms with Crippen molar-refractivity contribution in [2.45, 2.75) is 39.4 Å². The van der Waals surface area contributed by atoms with Crippen molar-refractivity contribution in [3.05, 3.63) is 35.4 Å². The van der Waals surface area contributed by atoms with E-state index in [4.69, 9.17) is 18.5 Å². The molecule has 132 valence electrons. The van der Waals surface area contributed by atoms with E-state index in [0.717, 1.165) is 11.1 Å². The van der Waals surface area contributed by atoms with Crippen LogP contribution in [0.3, 0.4) is 0 Å². The van der Waals surface area contributed by atoms with Crippen LogP contribution in [0.2, 0.25) is 0 Å². The highest BCUT2D eigenvalue weighted by atomic mass is 31.2. The first-order valence-corrected chi connectivity index (χ1v) is 10.3. The Morgan fingerprint density at radius 1 is 0.913 bits per heavy atom. The van der Waals surface area contributed by atoms with Gasteiger partial charge in [0.1, 0.15) is 0 Å². The Kier molecular flexibility index (Phi) is 8.92. The lowest BCUT2D eigenvalue weighted by atomic mass is 10.1. The molecule has 1 rings (SSSR count). The van der Waals surface area contributed by atoms with Gasteiger partial charge >= 0.3 is 7.60 Å². The van der Waals surface area contributed by atoms with Crippen LogP contribution in [-0.4, -0.2) is 26.4 Å². The molecule has 0 aromatic heterocycles. The molecular weight excluding hydrogens is 334 g/mol. The fraction of sp³-hybridized carbons (Fsp3) is 0.625. The van der Waals surface area contributed by atoms with Crippen molar-refractivity contribution in [2.75, 3.05) is 26.4 Å². The Morgan fingerprint density at radius 2 is 1.39 bits per heavy atom. The second-order valence-electron chi connectivity index (χ2n) is 4.84. The monoisotopic (exact) mass is 362 g/mol. The largest absolute Gasteiger partial charge is 0.343 e. The molecule has 1 unspecified atom stereocenters. The zero-order valence-corrected chi connectivity index (χ0v) is 16.5. The number of hydrogen-bond acceptors (Lipinski definition) is 5. The van der Waals surface area contributed by atoms with Gasteiger partial charge in [0.2, 0.25) is 5.53 Å². The molecule has 0 bridgehead atoms. The average molecular weight is 362 g/mol. The molecule has 0 aliphatic rings. The molecule has 0 amide bonds. The van der Waals surface area contributed by atoms with Crippen LogP contribution in [0.25, 0.3) is 0 Å². The van der Waals surface area contributed by atoms with Crippen LogP contribution in [0.5, 0.6) is 0 Å². The minimum Gasteiger partial charge on any atom is -0.343 e. The smallest absolute Gasteiger partial charge is 0.335 e. The lowest BCUT2D eigenvalue weighted by molar-refractivity contribution is -0.173. The van der Waals surface area contributed by atoms with Crippen molar-refractivity contribution in [3.8, 4) is 0 Å². The van der Waals surface area contributed by atoms with Gasteiger partial charge in [-0.2, -0.15) is 0 Å². The molecule has 0 fully saturated rings. The van der Waals surface area contributed by atoms with Crippen LogP contribution in [0.15, 0.2) is 24.3 Å². The van der Waals surface area contributed by atoms with E-state index >= 15 is 0 Å². The zero-order valence-electron chi connectivity index (χ0n) is 14.4. The number of rotatable bonds is 11. The van der Waals surface area contributed by atoms with Crippen LogP contribution >= 0.6 is 16.8 Å². The summed E-state index contributed by atoms with van der Waals surface area (Å²) in [5.41, 5.74) is 0.919. The van der Waals surface area contributed by atoms with Gasteiger partial charge in [0, 0.05) is 18.8 Å². The van der Waals surface area contributed by atoms with Gasteiger partial charge in [-0.3, -0.25) is 4.57 Å². The molecule has 0 spiro atoms. The summed E-state index contributed by atoms with van der Waals surface area (Å²) in [7, 11) is -0.477. The van der Waals surface area contributed by atoms with Crippen molar-refractivity contribution in [2.24, 2.45) is 0 Å². The van der Waals surface area contributed by atoms with E-state index in [1.807, 2.05) is 52.0 Å². The second-order valence-corrected chi connectivity index (χ2v) is 7.65. The van der Waals surface area contributed by atoms with Crippen molar-refractivity contribution in [1.82, 2.24) is 0 Å². The first-order chi connectivity index (χ1) is 10.9. The van der Waals surface area contributed by atoms with E-state index in [0.29, 0.717) is 26.4 Å². The topological polar surface area (TPSA) is 54.0 Å². The summed E-state index contributed by atoms with van der Waals surface area (Å²) >= 11 is 0. The number of benzene rings is 1. The van der Waals surface area contributed by atoms with Crippen LogP contribution < -0.4 is 0 Å². The summed E-state index contributed by atoms with van der Waals surface area (Å²) < 4.78 is 34.6. The van der Waals surface area contributed by atoms with Gasteiger partial charge in [0.15, 0.2) is 0 Å². The molecule has 7 heteroatoms. The predicted octanol–water partition coefficient (Wildman–Crippen LogP) is 4.51. The van der Waals surface area contributed by atoms with Crippen molar-refractivity contribution in [1.29, 1.82) is 0 Å². The molecule has 0 heterocycles. The highest BCUT2D eigenvalue weighted by Crippen LogP contribution is 2.51. The summed E-state index contributed by atoms with van der Waals surface area (Å²) in [6.45, 7) is 9.25. The van der Waals surface area contributed by atoms with Crippen LogP contribution in [-0.2, 0) is 34.8 Å². The molecule has 1 aromatic carbocycles. The van der Waals surface area contributed by atoms with E-state index in [9.17, 15) is 4.57 Å². The minimum atomic E-state index is -3.09. The van der Waals surface area contributed by atoms with Gasteiger partial charge in [-0.15, -0.1) is 0 Å². The summed E-state index contributed by atoms with van der Waals surface area (Å²) in [5, 5.41) is 0. The molecule has 5 nitrogen and oxygen atoms in total. The molecule has 0 aliphatic carbocycles. The van der Waals surface area contributed by atoms with Gasteiger partial charge in [0.05, 0.1) is 19.4 Å². The van der Waals surface area contributed by atoms with E-state index in [1.54, 1.807) is 0 Å². The van der Waals surface area contributed by atoms with Gasteiger partial charge in [-0.25, -0.2) is 0 Å². The van der Waals surface area contributed by atoms with Crippen LogP contribution in [0, 0.1) is 0 Å². The van der Waals surface area contributed by atoms with E-state index < -0.39 is 13.1 Å². The second kappa shape index (κ2) is 9.88. The molecule has 0 saturated carbocycles. The van der Waals surface area contributed by atoms with E-state index in [1.165, 1.54) is 0 Å². The minimum absolute atomic E-state index is 0.252. The Morgan fingerprint density at radius 3 is 1.78 bits per heavy atom. The molecule has 0 N–H and O–H groups in total. The van der Waals surface area contributed by atoms with Crippen molar-refractivity contribution >= 4 is 16.8 Å². The Balaban J connectivity index is 2.92. The Bertz CT molecular complexity index is 488.